The lowest BCUT2D eigenvalue weighted by Crippen LogP contribution is -1.89. The number of rotatable bonds is 6. The van der Waals surface area contributed by atoms with Crippen LogP contribution in [0.15, 0.2) is 97.1 Å². The third-order valence-electron chi connectivity index (χ3n) is 5.67. The number of aromatic amines is 2. The van der Waals surface area contributed by atoms with Crippen molar-refractivity contribution >= 4 is 22.1 Å². The van der Waals surface area contributed by atoms with Gasteiger partial charge in [-0.3, -0.25) is 0 Å². The monoisotopic (exact) mass is 430 g/mol. The molecule has 4 aromatic carbocycles. The molecule has 0 saturated heterocycles. The molecule has 0 spiro atoms. The summed E-state index contributed by atoms with van der Waals surface area (Å²) in [6.07, 6.45) is 1.54. The van der Waals surface area contributed by atoms with Crippen LogP contribution in [0, 0.1) is 0 Å². The molecule has 0 bridgehead atoms. The SMILES string of the molecule is c1ccc(Cc2nc3ccc(Oc4ccc5nc(Cc6ccccc6)[nH]c5c4)cc3[nH]2)cc1. The van der Waals surface area contributed by atoms with Crippen LogP contribution in [0.25, 0.3) is 22.1 Å². The molecule has 5 nitrogen and oxygen atoms in total. The van der Waals surface area contributed by atoms with Crippen molar-refractivity contribution in [2.45, 2.75) is 12.8 Å². The number of hydrogen-bond acceptors (Lipinski definition) is 3. The lowest BCUT2D eigenvalue weighted by atomic mass is 10.1. The molecule has 0 radical (unpaired) electrons. The lowest BCUT2D eigenvalue weighted by Gasteiger charge is -2.05. The van der Waals surface area contributed by atoms with E-state index in [2.05, 4.69) is 34.2 Å². The van der Waals surface area contributed by atoms with Crippen LogP contribution in [-0.4, -0.2) is 19.9 Å². The molecule has 6 aromatic rings. The minimum atomic E-state index is 0.765. The standard InChI is InChI=1S/C28H22N4O/c1-3-7-19(8-4-1)15-27-29-23-13-11-21(17-25(23)31-27)33-22-12-14-24-26(18-22)32-28(30-24)16-20-9-5-2-6-10-20/h1-14,17-18H,15-16H2,(H,29,31)(H,30,32). The number of nitrogens with zero attached hydrogens (tertiary/aromatic N) is 2. The minimum absolute atomic E-state index is 0.765. The van der Waals surface area contributed by atoms with Gasteiger partial charge in [-0.2, -0.15) is 0 Å². The smallest absolute Gasteiger partial charge is 0.129 e. The molecule has 2 aromatic heterocycles. The Morgan fingerprint density at radius 1 is 0.545 bits per heavy atom. The number of imidazole rings is 2. The summed E-state index contributed by atoms with van der Waals surface area (Å²) >= 11 is 0. The number of ether oxygens (including phenoxy) is 1. The third-order valence-corrected chi connectivity index (χ3v) is 5.67. The molecule has 0 aliphatic rings. The number of H-pyrrole nitrogens is 2. The van der Waals surface area contributed by atoms with Gasteiger partial charge < -0.3 is 14.7 Å². The Bertz CT molecular complexity index is 1420. The summed E-state index contributed by atoms with van der Waals surface area (Å²) in [6, 6.07) is 32.5. The first-order valence-corrected chi connectivity index (χ1v) is 11.0. The molecule has 0 aliphatic carbocycles. The molecule has 2 N–H and O–H groups in total. The second-order valence-corrected chi connectivity index (χ2v) is 8.15. The Balaban J connectivity index is 1.21. The zero-order valence-corrected chi connectivity index (χ0v) is 18.0. The summed E-state index contributed by atoms with van der Waals surface area (Å²) in [4.78, 5) is 16.3. The summed E-state index contributed by atoms with van der Waals surface area (Å²) in [7, 11) is 0. The Kier molecular flexibility index (Phi) is 4.85. The number of fused-ring (bicyclic) bond motifs is 2. The van der Waals surface area contributed by atoms with Crippen LogP contribution < -0.4 is 4.74 Å². The number of nitrogens with one attached hydrogen (secondary N) is 2. The van der Waals surface area contributed by atoms with Crippen LogP contribution in [0.5, 0.6) is 11.5 Å². The van der Waals surface area contributed by atoms with Crippen molar-refractivity contribution in [2.75, 3.05) is 0 Å². The van der Waals surface area contributed by atoms with Crippen LogP contribution in [0.2, 0.25) is 0 Å². The van der Waals surface area contributed by atoms with E-state index < -0.39 is 0 Å². The van der Waals surface area contributed by atoms with Crippen LogP contribution >= 0.6 is 0 Å². The third kappa shape index (κ3) is 4.21. The van der Waals surface area contributed by atoms with Crippen LogP contribution in [-0.2, 0) is 12.8 Å². The van der Waals surface area contributed by atoms with Crippen molar-refractivity contribution < 1.29 is 4.74 Å². The molecule has 33 heavy (non-hydrogen) atoms. The van der Waals surface area contributed by atoms with Gasteiger partial charge in [-0.1, -0.05) is 60.7 Å². The van der Waals surface area contributed by atoms with E-state index in [1.165, 1.54) is 11.1 Å². The molecule has 0 atom stereocenters. The Morgan fingerprint density at radius 2 is 1.00 bits per heavy atom. The Labute approximate surface area is 191 Å². The first-order valence-electron chi connectivity index (χ1n) is 11.0. The fourth-order valence-electron chi connectivity index (χ4n) is 4.09. The second kappa shape index (κ2) is 8.28. The van der Waals surface area contributed by atoms with E-state index in [-0.39, 0.29) is 0 Å². The molecule has 160 valence electrons. The fourth-order valence-corrected chi connectivity index (χ4v) is 4.09. The van der Waals surface area contributed by atoms with Gasteiger partial charge in [0.1, 0.15) is 23.1 Å². The summed E-state index contributed by atoms with van der Waals surface area (Å²) in [5.41, 5.74) is 6.25. The molecular weight excluding hydrogens is 408 g/mol. The number of aromatic nitrogens is 4. The molecule has 0 amide bonds. The van der Waals surface area contributed by atoms with Gasteiger partial charge in [0.05, 0.1) is 22.1 Å². The van der Waals surface area contributed by atoms with E-state index in [0.717, 1.165) is 58.1 Å². The van der Waals surface area contributed by atoms with E-state index in [1.54, 1.807) is 0 Å². The quantitative estimate of drug-likeness (QED) is 0.321. The number of benzene rings is 4. The lowest BCUT2D eigenvalue weighted by molar-refractivity contribution is 0.484. The summed E-state index contributed by atoms with van der Waals surface area (Å²) in [5.74, 6) is 3.41. The first-order chi connectivity index (χ1) is 16.3. The van der Waals surface area contributed by atoms with Gasteiger partial charge in [-0.15, -0.1) is 0 Å². The molecule has 0 fully saturated rings. The van der Waals surface area contributed by atoms with E-state index >= 15 is 0 Å². The normalized spacial score (nSPS) is 11.3. The van der Waals surface area contributed by atoms with Crippen molar-refractivity contribution in [1.82, 2.24) is 19.9 Å². The maximum atomic E-state index is 6.15. The van der Waals surface area contributed by atoms with Crippen LogP contribution in [0.1, 0.15) is 22.8 Å². The van der Waals surface area contributed by atoms with E-state index in [1.807, 2.05) is 72.8 Å². The highest BCUT2D eigenvalue weighted by molar-refractivity contribution is 5.78. The van der Waals surface area contributed by atoms with E-state index in [0.29, 0.717) is 0 Å². The van der Waals surface area contributed by atoms with Crippen LogP contribution in [0.3, 0.4) is 0 Å². The van der Waals surface area contributed by atoms with Gasteiger partial charge in [-0.05, 0) is 35.4 Å². The predicted molar refractivity (Wildman–Crippen MR) is 131 cm³/mol. The van der Waals surface area contributed by atoms with Gasteiger partial charge >= 0.3 is 0 Å². The highest BCUT2D eigenvalue weighted by Gasteiger charge is 2.08. The maximum Gasteiger partial charge on any atom is 0.129 e. The van der Waals surface area contributed by atoms with Crippen molar-refractivity contribution in [2.24, 2.45) is 0 Å². The largest absolute Gasteiger partial charge is 0.457 e. The predicted octanol–water partition coefficient (Wildman–Crippen LogP) is 6.41. The van der Waals surface area contributed by atoms with Crippen molar-refractivity contribution in [3.63, 3.8) is 0 Å². The molecule has 0 aliphatic heterocycles. The summed E-state index contributed by atoms with van der Waals surface area (Å²) < 4.78 is 6.15. The minimum Gasteiger partial charge on any atom is -0.457 e. The molecule has 0 unspecified atom stereocenters. The Morgan fingerprint density at radius 3 is 1.45 bits per heavy atom. The molecular formula is C28H22N4O. The van der Waals surface area contributed by atoms with Gasteiger partial charge in [0.25, 0.3) is 0 Å². The molecule has 6 rings (SSSR count). The van der Waals surface area contributed by atoms with Crippen molar-refractivity contribution in [3.8, 4) is 11.5 Å². The average molecular weight is 431 g/mol. The maximum absolute atomic E-state index is 6.15. The summed E-state index contributed by atoms with van der Waals surface area (Å²) in [5, 5.41) is 0. The van der Waals surface area contributed by atoms with E-state index in [4.69, 9.17) is 14.7 Å². The zero-order valence-electron chi connectivity index (χ0n) is 18.0. The zero-order chi connectivity index (χ0) is 22.0. The molecule has 0 saturated carbocycles. The Hall–Kier alpha value is -4.38. The summed E-state index contributed by atoms with van der Waals surface area (Å²) in [6.45, 7) is 0. The molecule has 2 heterocycles. The van der Waals surface area contributed by atoms with Crippen LogP contribution in [0.4, 0.5) is 0 Å². The van der Waals surface area contributed by atoms with Gasteiger partial charge in [-0.25, -0.2) is 9.97 Å². The van der Waals surface area contributed by atoms with Crippen molar-refractivity contribution in [3.05, 3.63) is 120 Å². The van der Waals surface area contributed by atoms with Gasteiger partial charge in [0, 0.05) is 25.0 Å². The van der Waals surface area contributed by atoms with Gasteiger partial charge in [0.15, 0.2) is 0 Å². The first kappa shape index (κ1) is 19.3. The fraction of sp³-hybridized carbons (Fsp3) is 0.0714. The van der Waals surface area contributed by atoms with Crippen molar-refractivity contribution in [1.29, 1.82) is 0 Å². The van der Waals surface area contributed by atoms with E-state index in [9.17, 15) is 0 Å². The highest BCUT2D eigenvalue weighted by atomic mass is 16.5. The topological polar surface area (TPSA) is 66.6 Å². The second-order valence-electron chi connectivity index (χ2n) is 8.15. The highest BCUT2D eigenvalue weighted by Crippen LogP contribution is 2.27. The van der Waals surface area contributed by atoms with Gasteiger partial charge in [0.2, 0.25) is 0 Å². The average Bonchev–Trinajstić information content (AvgIpc) is 3.42. The number of hydrogen-bond donors (Lipinski definition) is 2. The molecule has 5 heteroatoms.